The molecule has 0 aromatic heterocycles. The van der Waals surface area contributed by atoms with Crippen LogP contribution >= 0.6 is 0 Å². The molecule has 2 aromatic rings. The van der Waals surface area contributed by atoms with E-state index in [1.807, 2.05) is 30.3 Å². The second kappa shape index (κ2) is 6.31. The first-order valence-electron chi connectivity index (χ1n) is 7.70. The molecular formula is C19H23NO+. The summed E-state index contributed by atoms with van der Waals surface area (Å²) in [5.41, 5.74) is 2.79. The maximum absolute atomic E-state index is 6.32. The van der Waals surface area contributed by atoms with Gasteiger partial charge >= 0.3 is 0 Å². The molecule has 2 heteroatoms. The van der Waals surface area contributed by atoms with Crippen molar-refractivity contribution in [3.05, 3.63) is 65.7 Å². The number of hydrogen-bond acceptors (Lipinski definition) is 2. The second-order valence-electron chi connectivity index (χ2n) is 6.01. The zero-order chi connectivity index (χ0) is 14.7. The fraction of sp³-hybridized carbons (Fsp3) is 0.368. The van der Waals surface area contributed by atoms with Crippen LogP contribution in [0.3, 0.4) is 0 Å². The summed E-state index contributed by atoms with van der Waals surface area (Å²) < 4.78 is 6.32. The van der Waals surface area contributed by atoms with Gasteiger partial charge in [-0.25, -0.2) is 0 Å². The summed E-state index contributed by atoms with van der Waals surface area (Å²) in [6, 6.07) is 19.4. The molecule has 109 valence electrons. The minimum atomic E-state index is 0.137. The van der Waals surface area contributed by atoms with Crippen molar-refractivity contribution in [2.45, 2.75) is 31.4 Å². The maximum Gasteiger partial charge on any atom is 0.136 e. The molecule has 0 fully saturated rings. The molecule has 2 atom stereocenters. The highest BCUT2D eigenvalue weighted by Gasteiger charge is 2.31. The van der Waals surface area contributed by atoms with Gasteiger partial charge in [-0.2, -0.15) is 4.90 Å². The number of ether oxygens (including phenoxy) is 1. The lowest BCUT2D eigenvalue weighted by molar-refractivity contribution is 0.169. The summed E-state index contributed by atoms with van der Waals surface area (Å²) in [5.74, 6) is 0.955. The predicted molar refractivity (Wildman–Crippen MR) is 87.0 cm³/mol. The first-order valence-corrected chi connectivity index (χ1v) is 7.70. The molecule has 1 radical (unpaired) electrons. The van der Waals surface area contributed by atoms with Crippen LogP contribution in [-0.2, 0) is 6.42 Å². The van der Waals surface area contributed by atoms with Gasteiger partial charge in [0, 0.05) is 12.8 Å². The molecule has 0 spiro atoms. The lowest BCUT2D eigenvalue weighted by Gasteiger charge is -2.22. The molecule has 2 unspecified atom stereocenters. The van der Waals surface area contributed by atoms with Gasteiger partial charge in [0.25, 0.3) is 0 Å². The van der Waals surface area contributed by atoms with Gasteiger partial charge in [-0.3, -0.25) is 0 Å². The molecule has 1 aliphatic rings. The predicted octanol–water partition coefficient (Wildman–Crippen LogP) is 3.91. The van der Waals surface area contributed by atoms with Crippen molar-refractivity contribution >= 4 is 0 Å². The van der Waals surface area contributed by atoms with Crippen molar-refractivity contribution in [2.75, 3.05) is 14.1 Å². The molecule has 21 heavy (non-hydrogen) atoms. The third-order valence-electron chi connectivity index (χ3n) is 4.39. The standard InChI is InChI=1S/C19H23NO/c1-20(2)16-13-12-15-8-6-7-11-18(15)19(14-16)21-17-9-4-3-5-10-17/h3-11,16,19H,12-14H2,1-2H3/q+1. The van der Waals surface area contributed by atoms with Crippen molar-refractivity contribution in [3.63, 3.8) is 0 Å². The van der Waals surface area contributed by atoms with E-state index >= 15 is 0 Å². The van der Waals surface area contributed by atoms with Gasteiger partial charge in [0.2, 0.25) is 0 Å². The quantitative estimate of drug-likeness (QED) is 0.615. The largest absolute Gasteiger partial charge is 0.485 e. The SMILES string of the molecule is C[N+](C)C1CCc2ccccc2C(Oc2ccccc2)C1. The fourth-order valence-corrected chi connectivity index (χ4v) is 3.13. The van der Waals surface area contributed by atoms with E-state index in [0.29, 0.717) is 6.04 Å². The maximum atomic E-state index is 6.32. The number of benzene rings is 2. The van der Waals surface area contributed by atoms with Gasteiger partial charge in [0.05, 0.1) is 0 Å². The number of aryl methyl sites for hydroxylation is 1. The molecule has 0 N–H and O–H groups in total. The third-order valence-corrected chi connectivity index (χ3v) is 4.39. The Hall–Kier alpha value is -1.80. The summed E-state index contributed by atoms with van der Waals surface area (Å²) in [6.45, 7) is 0. The van der Waals surface area contributed by atoms with E-state index in [4.69, 9.17) is 4.74 Å². The summed E-state index contributed by atoms with van der Waals surface area (Å²) in [5, 5.41) is 0. The molecule has 1 aliphatic carbocycles. The molecule has 2 nitrogen and oxygen atoms in total. The lowest BCUT2D eigenvalue weighted by Crippen LogP contribution is -2.34. The highest BCUT2D eigenvalue weighted by atomic mass is 16.5. The van der Waals surface area contributed by atoms with Crippen molar-refractivity contribution in [1.82, 2.24) is 4.90 Å². The number of para-hydroxylation sites is 1. The van der Waals surface area contributed by atoms with Gasteiger partial charge in [-0.15, -0.1) is 0 Å². The molecular weight excluding hydrogens is 258 g/mol. The zero-order valence-electron chi connectivity index (χ0n) is 12.8. The second-order valence-corrected chi connectivity index (χ2v) is 6.01. The Morgan fingerprint density at radius 1 is 0.952 bits per heavy atom. The molecule has 0 amide bonds. The van der Waals surface area contributed by atoms with Crippen LogP contribution in [0.15, 0.2) is 54.6 Å². The average molecular weight is 281 g/mol. The van der Waals surface area contributed by atoms with Crippen LogP contribution in [0.4, 0.5) is 0 Å². The fourth-order valence-electron chi connectivity index (χ4n) is 3.13. The molecule has 0 bridgehead atoms. The lowest BCUT2D eigenvalue weighted by atomic mass is 10.0. The average Bonchev–Trinajstić information content (AvgIpc) is 2.69. The normalized spacial score (nSPS) is 21.7. The van der Waals surface area contributed by atoms with E-state index in [1.165, 1.54) is 17.5 Å². The van der Waals surface area contributed by atoms with E-state index in [9.17, 15) is 0 Å². The molecule has 0 heterocycles. The van der Waals surface area contributed by atoms with Crippen molar-refractivity contribution in [1.29, 1.82) is 0 Å². The van der Waals surface area contributed by atoms with Crippen LogP contribution < -0.4 is 9.64 Å². The van der Waals surface area contributed by atoms with Gasteiger partial charge in [-0.1, -0.05) is 42.5 Å². The minimum absolute atomic E-state index is 0.137. The third kappa shape index (κ3) is 3.27. The molecule has 0 saturated heterocycles. The molecule has 3 rings (SSSR count). The Kier molecular flexibility index (Phi) is 4.26. The van der Waals surface area contributed by atoms with Crippen LogP contribution in [0.1, 0.15) is 30.1 Å². The van der Waals surface area contributed by atoms with Gasteiger partial charge < -0.3 is 4.74 Å². The zero-order valence-corrected chi connectivity index (χ0v) is 12.8. The van der Waals surface area contributed by atoms with Gasteiger partial charge in [0.15, 0.2) is 0 Å². The Bertz CT molecular complexity index is 579. The van der Waals surface area contributed by atoms with E-state index in [-0.39, 0.29) is 6.10 Å². The highest BCUT2D eigenvalue weighted by Crippen LogP contribution is 2.33. The molecule has 0 aliphatic heterocycles. The summed E-state index contributed by atoms with van der Waals surface area (Å²) in [7, 11) is 4.33. The minimum Gasteiger partial charge on any atom is -0.485 e. The number of nitrogens with zero attached hydrogens (tertiary/aromatic N) is 1. The topological polar surface area (TPSA) is 15.1 Å². The van der Waals surface area contributed by atoms with E-state index in [1.54, 1.807) is 0 Å². The van der Waals surface area contributed by atoms with Crippen molar-refractivity contribution in [3.8, 4) is 5.75 Å². The first kappa shape index (κ1) is 14.2. The number of rotatable bonds is 3. The smallest absolute Gasteiger partial charge is 0.136 e. The van der Waals surface area contributed by atoms with E-state index in [0.717, 1.165) is 18.6 Å². The van der Waals surface area contributed by atoms with Crippen molar-refractivity contribution in [2.24, 2.45) is 0 Å². The Morgan fingerprint density at radius 2 is 1.67 bits per heavy atom. The summed E-state index contributed by atoms with van der Waals surface area (Å²) in [6.07, 6.45) is 3.50. The monoisotopic (exact) mass is 281 g/mol. The van der Waals surface area contributed by atoms with Crippen LogP contribution in [0.25, 0.3) is 0 Å². The van der Waals surface area contributed by atoms with Crippen molar-refractivity contribution < 1.29 is 4.74 Å². The number of hydrogen-bond donors (Lipinski definition) is 0. The van der Waals surface area contributed by atoms with Gasteiger partial charge in [-0.05, 0) is 29.7 Å². The Morgan fingerprint density at radius 3 is 2.43 bits per heavy atom. The molecule has 0 saturated carbocycles. The van der Waals surface area contributed by atoms with E-state index < -0.39 is 0 Å². The number of fused-ring (bicyclic) bond motifs is 1. The van der Waals surface area contributed by atoms with Crippen LogP contribution in [-0.4, -0.2) is 20.1 Å². The van der Waals surface area contributed by atoms with Crippen LogP contribution in [0.2, 0.25) is 0 Å². The van der Waals surface area contributed by atoms with E-state index in [2.05, 4.69) is 43.3 Å². The van der Waals surface area contributed by atoms with Crippen LogP contribution in [0.5, 0.6) is 5.75 Å². The van der Waals surface area contributed by atoms with Gasteiger partial charge in [0.1, 0.15) is 32.0 Å². The molecule has 2 aromatic carbocycles. The first-order chi connectivity index (χ1) is 10.2. The highest BCUT2D eigenvalue weighted by molar-refractivity contribution is 5.32. The Balaban J connectivity index is 1.90. The van der Waals surface area contributed by atoms with Crippen LogP contribution in [0, 0.1) is 0 Å². The summed E-state index contributed by atoms with van der Waals surface area (Å²) in [4.78, 5) is 2.33. The Labute approximate surface area is 127 Å². The summed E-state index contributed by atoms with van der Waals surface area (Å²) >= 11 is 0.